The Kier molecular flexibility index (Phi) is 3.59. The van der Waals surface area contributed by atoms with Crippen molar-refractivity contribution >= 4 is 34.8 Å². The van der Waals surface area contributed by atoms with E-state index < -0.39 is 0 Å². The second-order valence-corrected chi connectivity index (χ2v) is 5.54. The van der Waals surface area contributed by atoms with Gasteiger partial charge in [0.15, 0.2) is 11.6 Å². The molecule has 3 rings (SSSR count). The highest BCUT2D eigenvalue weighted by Crippen LogP contribution is 2.37. The fourth-order valence-corrected chi connectivity index (χ4v) is 2.94. The fourth-order valence-electron chi connectivity index (χ4n) is 2.46. The van der Waals surface area contributed by atoms with Crippen molar-refractivity contribution in [2.24, 2.45) is 0 Å². The summed E-state index contributed by atoms with van der Waals surface area (Å²) in [5.41, 5.74) is 0.986. The van der Waals surface area contributed by atoms with E-state index in [1.165, 1.54) is 38.5 Å². The zero-order chi connectivity index (χ0) is 16.0. The highest BCUT2D eigenvalue weighted by Gasteiger charge is 2.32. The van der Waals surface area contributed by atoms with Gasteiger partial charge in [0, 0.05) is 22.3 Å². The van der Waals surface area contributed by atoms with Gasteiger partial charge in [-0.2, -0.15) is 0 Å². The summed E-state index contributed by atoms with van der Waals surface area (Å²) in [6.45, 7) is 0. The molecule has 0 bridgehead atoms. The first-order valence-electron chi connectivity index (χ1n) is 6.32. The van der Waals surface area contributed by atoms with Crippen LogP contribution in [0.2, 0.25) is 10.0 Å². The number of rotatable bonds is 2. The lowest BCUT2D eigenvalue weighted by Crippen LogP contribution is -2.21. The highest BCUT2D eigenvalue weighted by molar-refractivity contribution is 6.36. The van der Waals surface area contributed by atoms with Gasteiger partial charge in [-0.1, -0.05) is 23.2 Å². The van der Waals surface area contributed by atoms with E-state index in [4.69, 9.17) is 32.7 Å². The molecule has 0 amide bonds. The first-order valence-corrected chi connectivity index (χ1v) is 7.08. The second kappa shape index (κ2) is 5.30. The van der Waals surface area contributed by atoms with E-state index in [2.05, 4.69) is 0 Å². The predicted molar refractivity (Wildman–Crippen MR) is 82.9 cm³/mol. The first kappa shape index (κ1) is 14.9. The third-order valence-electron chi connectivity index (χ3n) is 3.56. The lowest BCUT2D eigenvalue weighted by atomic mass is 9.84. The summed E-state index contributed by atoms with van der Waals surface area (Å²) < 4.78 is 10.2. The third-order valence-corrected chi connectivity index (χ3v) is 4.15. The summed E-state index contributed by atoms with van der Waals surface area (Å²) in [5, 5.41) is 0.540. The number of hydrogen-bond acceptors (Lipinski definition) is 4. The molecule has 1 aliphatic rings. The van der Waals surface area contributed by atoms with Gasteiger partial charge in [0.05, 0.1) is 24.3 Å². The number of fused-ring (bicyclic) bond motifs is 2. The van der Waals surface area contributed by atoms with Gasteiger partial charge in [-0.25, -0.2) is 0 Å². The molecule has 0 fully saturated rings. The van der Waals surface area contributed by atoms with E-state index >= 15 is 0 Å². The van der Waals surface area contributed by atoms with Crippen LogP contribution in [0, 0.1) is 0 Å². The van der Waals surface area contributed by atoms with E-state index in [1.807, 2.05) is 0 Å². The van der Waals surface area contributed by atoms with Crippen LogP contribution < -0.4 is 9.47 Å². The Morgan fingerprint density at radius 1 is 0.682 bits per heavy atom. The molecule has 22 heavy (non-hydrogen) atoms. The van der Waals surface area contributed by atoms with Crippen LogP contribution in [0.25, 0.3) is 0 Å². The van der Waals surface area contributed by atoms with Crippen molar-refractivity contribution in [2.45, 2.75) is 0 Å². The average Bonchev–Trinajstić information content (AvgIpc) is 2.52. The molecule has 6 heteroatoms. The molecule has 0 saturated carbocycles. The van der Waals surface area contributed by atoms with E-state index in [9.17, 15) is 9.59 Å². The number of carbonyl (C=O) groups excluding carboxylic acids is 2. The topological polar surface area (TPSA) is 52.6 Å². The molecule has 2 aromatic carbocycles. The average molecular weight is 337 g/mol. The van der Waals surface area contributed by atoms with E-state index in [0.717, 1.165) is 0 Å². The van der Waals surface area contributed by atoms with Gasteiger partial charge < -0.3 is 9.47 Å². The minimum absolute atomic E-state index is 0.243. The Hall–Kier alpha value is -2.04. The van der Waals surface area contributed by atoms with Crippen LogP contribution in [0.1, 0.15) is 31.8 Å². The second-order valence-electron chi connectivity index (χ2n) is 4.72. The summed E-state index contributed by atoms with van der Waals surface area (Å²) in [7, 11) is 2.89. The zero-order valence-electron chi connectivity index (χ0n) is 11.7. The van der Waals surface area contributed by atoms with E-state index in [1.54, 1.807) is 0 Å². The number of ketones is 2. The van der Waals surface area contributed by atoms with Gasteiger partial charge in [-0.3, -0.25) is 9.59 Å². The highest BCUT2D eigenvalue weighted by atomic mass is 35.5. The smallest absolute Gasteiger partial charge is 0.194 e. The molecule has 0 radical (unpaired) electrons. The Morgan fingerprint density at radius 3 is 1.32 bits per heavy atom. The molecule has 0 unspecified atom stereocenters. The number of halogens is 2. The Balaban J connectivity index is 2.27. The summed E-state index contributed by atoms with van der Waals surface area (Å²) in [5.74, 6) is 0.0718. The maximum Gasteiger partial charge on any atom is 0.194 e. The minimum atomic E-state index is -0.302. The quantitative estimate of drug-likeness (QED) is 0.714. The molecule has 0 atom stereocenters. The molecular formula is C16H10Cl2O4. The molecule has 0 spiro atoms. The Morgan fingerprint density at radius 2 is 1.00 bits per heavy atom. The standard InChI is InChI=1S/C16H10Cl2O4/c1-21-13-5-9-7(3-11(13)17)16(20)10-6-14(22-2)12(18)4-8(10)15(9)19/h3-6H,1-2H3. The summed E-state index contributed by atoms with van der Waals surface area (Å²) in [6, 6.07) is 5.83. The summed E-state index contributed by atoms with van der Waals surface area (Å²) in [6.07, 6.45) is 0. The summed E-state index contributed by atoms with van der Waals surface area (Å²) in [4.78, 5) is 25.3. The van der Waals surface area contributed by atoms with Crippen LogP contribution >= 0.6 is 23.2 Å². The number of benzene rings is 2. The van der Waals surface area contributed by atoms with Gasteiger partial charge in [0.2, 0.25) is 0 Å². The van der Waals surface area contributed by atoms with Crippen LogP contribution in [-0.4, -0.2) is 25.8 Å². The minimum Gasteiger partial charge on any atom is -0.495 e. The monoisotopic (exact) mass is 336 g/mol. The van der Waals surface area contributed by atoms with Crippen LogP contribution in [0.3, 0.4) is 0 Å². The molecular weight excluding hydrogens is 327 g/mol. The van der Waals surface area contributed by atoms with Crippen molar-refractivity contribution in [1.29, 1.82) is 0 Å². The predicted octanol–water partition coefficient (Wildman–Crippen LogP) is 3.79. The van der Waals surface area contributed by atoms with E-state index in [-0.39, 0.29) is 43.9 Å². The third kappa shape index (κ3) is 2.07. The summed E-state index contributed by atoms with van der Waals surface area (Å²) >= 11 is 12.1. The molecule has 112 valence electrons. The largest absolute Gasteiger partial charge is 0.495 e. The van der Waals surface area contributed by atoms with Crippen molar-refractivity contribution in [3.63, 3.8) is 0 Å². The molecule has 0 heterocycles. The Labute approximate surface area is 136 Å². The van der Waals surface area contributed by atoms with Crippen molar-refractivity contribution in [3.8, 4) is 11.5 Å². The molecule has 0 N–H and O–H groups in total. The molecule has 4 nitrogen and oxygen atoms in total. The first-order chi connectivity index (χ1) is 10.5. The van der Waals surface area contributed by atoms with Gasteiger partial charge in [-0.05, 0) is 24.3 Å². The van der Waals surface area contributed by atoms with Gasteiger partial charge in [-0.15, -0.1) is 0 Å². The maximum atomic E-state index is 12.6. The van der Waals surface area contributed by atoms with Crippen molar-refractivity contribution in [3.05, 3.63) is 56.6 Å². The lowest BCUT2D eigenvalue weighted by molar-refractivity contribution is 0.0978. The van der Waals surface area contributed by atoms with Gasteiger partial charge in [0.25, 0.3) is 0 Å². The fraction of sp³-hybridized carbons (Fsp3) is 0.125. The SMILES string of the molecule is COc1cc2c(cc1Cl)C(=O)c1cc(OC)c(Cl)cc1C2=O. The molecule has 0 saturated heterocycles. The van der Waals surface area contributed by atoms with Crippen molar-refractivity contribution < 1.29 is 19.1 Å². The van der Waals surface area contributed by atoms with Crippen molar-refractivity contribution in [2.75, 3.05) is 14.2 Å². The van der Waals surface area contributed by atoms with Gasteiger partial charge >= 0.3 is 0 Å². The molecule has 1 aliphatic carbocycles. The van der Waals surface area contributed by atoms with Crippen LogP contribution in [-0.2, 0) is 0 Å². The lowest BCUT2D eigenvalue weighted by Gasteiger charge is -2.20. The number of ether oxygens (including phenoxy) is 2. The van der Waals surface area contributed by atoms with E-state index in [0.29, 0.717) is 11.5 Å². The van der Waals surface area contributed by atoms with Crippen LogP contribution in [0.15, 0.2) is 24.3 Å². The molecule has 0 aliphatic heterocycles. The number of carbonyl (C=O) groups is 2. The Bertz CT molecular complexity index is 758. The number of hydrogen-bond donors (Lipinski definition) is 0. The van der Waals surface area contributed by atoms with Gasteiger partial charge in [0.1, 0.15) is 11.5 Å². The molecule has 2 aromatic rings. The zero-order valence-corrected chi connectivity index (χ0v) is 13.2. The molecule has 0 aromatic heterocycles. The maximum absolute atomic E-state index is 12.6. The van der Waals surface area contributed by atoms with Crippen LogP contribution in [0.5, 0.6) is 11.5 Å². The number of methoxy groups -OCH3 is 2. The normalized spacial score (nSPS) is 12.7. The van der Waals surface area contributed by atoms with Crippen molar-refractivity contribution in [1.82, 2.24) is 0 Å². The van der Waals surface area contributed by atoms with Crippen LogP contribution in [0.4, 0.5) is 0 Å².